The number of amides is 1. The number of nitrogens with zero attached hydrogens (tertiary/aromatic N) is 2. The van der Waals surface area contributed by atoms with E-state index >= 15 is 0 Å². The van der Waals surface area contributed by atoms with Crippen LogP contribution in [-0.2, 0) is 4.74 Å². The Kier molecular flexibility index (Phi) is 4.93. The van der Waals surface area contributed by atoms with Crippen LogP contribution in [0.5, 0.6) is 0 Å². The summed E-state index contributed by atoms with van der Waals surface area (Å²) in [7, 11) is 0. The van der Waals surface area contributed by atoms with Crippen molar-refractivity contribution >= 4 is 11.6 Å². The number of hydrogen-bond donors (Lipinski definition) is 1. The van der Waals surface area contributed by atoms with Gasteiger partial charge in [0, 0.05) is 26.2 Å². The highest BCUT2D eigenvalue weighted by atomic mass is 16.5. The maximum Gasteiger partial charge on any atom is 0.272 e. The quantitative estimate of drug-likeness (QED) is 0.929. The molecule has 2 aliphatic rings. The number of hydrogen-bond acceptors (Lipinski definition) is 4. The van der Waals surface area contributed by atoms with E-state index in [1.54, 1.807) is 6.20 Å². The first-order valence-corrected chi connectivity index (χ1v) is 8.33. The van der Waals surface area contributed by atoms with Crippen LogP contribution in [0, 0.1) is 5.92 Å². The van der Waals surface area contributed by atoms with Crippen molar-refractivity contribution < 1.29 is 9.53 Å². The molecule has 3 rings (SSSR count). The van der Waals surface area contributed by atoms with E-state index in [-0.39, 0.29) is 5.91 Å². The zero-order valence-electron chi connectivity index (χ0n) is 13.3. The van der Waals surface area contributed by atoms with Gasteiger partial charge in [0.15, 0.2) is 0 Å². The third-order valence-corrected chi connectivity index (χ3v) is 4.61. The van der Waals surface area contributed by atoms with Gasteiger partial charge in [-0.15, -0.1) is 0 Å². The van der Waals surface area contributed by atoms with Crippen molar-refractivity contribution in [3.63, 3.8) is 0 Å². The first-order valence-electron chi connectivity index (χ1n) is 8.33. The van der Waals surface area contributed by atoms with E-state index in [0.29, 0.717) is 11.8 Å². The molecule has 0 bridgehead atoms. The van der Waals surface area contributed by atoms with Gasteiger partial charge in [-0.2, -0.15) is 0 Å². The largest absolute Gasteiger partial charge is 0.381 e. The fourth-order valence-electron chi connectivity index (χ4n) is 3.04. The summed E-state index contributed by atoms with van der Waals surface area (Å²) in [5.74, 6) is 0.777. The summed E-state index contributed by atoms with van der Waals surface area (Å²) in [6.45, 7) is 5.61. The first-order chi connectivity index (χ1) is 10.7. The lowest BCUT2D eigenvalue weighted by molar-refractivity contribution is 0.0691. The zero-order valence-corrected chi connectivity index (χ0v) is 13.3. The number of rotatable bonds is 4. The van der Waals surface area contributed by atoms with Crippen molar-refractivity contribution in [3.05, 3.63) is 24.0 Å². The minimum atomic E-state index is 0.0533. The fourth-order valence-corrected chi connectivity index (χ4v) is 3.04. The molecule has 2 aliphatic heterocycles. The van der Waals surface area contributed by atoms with Gasteiger partial charge >= 0.3 is 0 Å². The van der Waals surface area contributed by atoms with Crippen molar-refractivity contribution in [2.75, 3.05) is 31.6 Å². The number of likely N-dealkylation sites (tertiary alicyclic amines) is 1. The van der Waals surface area contributed by atoms with Crippen LogP contribution >= 0.6 is 0 Å². The first kappa shape index (κ1) is 15.3. The Labute approximate surface area is 132 Å². The van der Waals surface area contributed by atoms with E-state index in [1.807, 2.05) is 17.0 Å². The lowest BCUT2D eigenvalue weighted by Crippen LogP contribution is -2.38. The topological polar surface area (TPSA) is 54.5 Å². The molecule has 1 amide bonds. The lowest BCUT2D eigenvalue weighted by atomic mass is 9.99. The van der Waals surface area contributed by atoms with Crippen molar-refractivity contribution in [1.82, 2.24) is 9.88 Å². The Hall–Kier alpha value is -1.62. The standard InChI is InChI=1S/C17H25N3O2/c1-13-6-8-20(9-7-13)17(21)16-5-4-14(11-19-16)18-12-15-3-2-10-22-15/h4-5,11,13,15,18H,2-3,6-10,12H2,1H3. The van der Waals surface area contributed by atoms with Crippen molar-refractivity contribution in [1.29, 1.82) is 0 Å². The molecular weight excluding hydrogens is 278 g/mol. The highest BCUT2D eigenvalue weighted by Gasteiger charge is 2.22. The highest BCUT2D eigenvalue weighted by molar-refractivity contribution is 5.92. The Morgan fingerprint density at radius 1 is 1.36 bits per heavy atom. The summed E-state index contributed by atoms with van der Waals surface area (Å²) in [5.41, 5.74) is 1.48. The van der Waals surface area contributed by atoms with Crippen LogP contribution in [0.25, 0.3) is 0 Å². The molecule has 0 spiro atoms. The second-order valence-corrected chi connectivity index (χ2v) is 6.42. The molecule has 0 aliphatic carbocycles. The number of pyridine rings is 1. The van der Waals surface area contributed by atoms with E-state index in [0.717, 1.165) is 63.5 Å². The molecule has 0 saturated carbocycles. The van der Waals surface area contributed by atoms with Crippen LogP contribution < -0.4 is 5.32 Å². The normalized spacial score (nSPS) is 22.8. The van der Waals surface area contributed by atoms with Gasteiger partial charge < -0.3 is 15.0 Å². The molecular formula is C17H25N3O2. The number of piperidine rings is 1. The van der Waals surface area contributed by atoms with E-state index in [2.05, 4.69) is 17.2 Å². The molecule has 2 fully saturated rings. The van der Waals surface area contributed by atoms with Crippen LogP contribution in [0.1, 0.15) is 43.1 Å². The minimum absolute atomic E-state index is 0.0533. The van der Waals surface area contributed by atoms with Gasteiger partial charge in [0.1, 0.15) is 5.69 Å². The Balaban J connectivity index is 1.53. The third kappa shape index (κ3) is 3.77. The Morgan fingerprint density at radius 2 is 2.18 bits per heavy atom. The van der Waals surface area contributed by atoms with Gasteiger partial charge in [0.25, 0.3) is 5.91 Å². The van der Waals surface area contributed by atoms with Gasteiger partial charge in [0.05, 0.1) is 18.0 Å². The van der Waals surface area contributed by atoms with E-state index in [4.69, 9.17) is 4.74 Å². The monoisotopic (exact) mass is 303 g/mol. The summed E-state index contributed by atoms with van der Waals surface area (Å²) < 4.78 is 5.58. The number of carbonyl (C=O) groups is 1. The minimum Gasteiger partial charge on any atom is -0.381 e. The van der Waals surface area contributed by atoms with Gasteiger partial charge in [0.2, 0.25) is 0 Å². The number of ether oxygens (including phenoxy) is 1. The average Bonchev–Trinajstić information content (AvgIpc) is 3.07. The number of aromatic nitrogens is 1. The van der Waals surface area contributed by atoms with Gasteiger partial charge in [-0.05, 0) is 43.7 Å². The van der Waals surface area contributed by atoms with Crippen LogP contribution in [0.3, 0.4) is 0 Å². The van der Waals surface area contributed by atoms with Crippen LogP contribution in [0.2, 0.25) is 0 Å². The summed E-state index contributed by atoms with van der Waals surface area (Å²) in [4.78, 5) is 18.6. The smallest absolute Gasteiger partial charge is 0.272 e. The van der Waals surface area contributed by atoms with Crippen LogP contribution in [0.4, 0.5) is 5.69 Å². The fraction of sp³-hybridized carbons (Fsp3) is 0.647. The molecule has 0 aromatic carbocycles. The second kappa shape index (κ2) is 7.09. The number of nitrogens with one attached hydrogen (secondary N) is 1. The Bertz CT molecular complexity index is 489. The third-order valence-electron chi connectivity index (χ3n) is 4.61. The van der Waals surface area contributed by atoms with Crippen molar-refractivity contribution in [2.24, 2.45) is 5.92 Å². The van der Waals surface area contributed by atoms with Crippen molar-refractivity contribution in [3.8, 4) is 0 Å². The van der Waals surface area contributed by atoms with E-state index < -0.39 is 0 Å². The molecule has 1 unspecified atom stereocenters. The van der Waals surface area contributed by atoms with Gasteiger partial charge in [-0.25, -0.2) is 4.98 Å². The Morgan fingerprint density at radius 3 is 2.82 bits per heavy atom. The maximum atomic E-state index is 12.4. The van der Waals surface area contributed by atoms with E-state index in [1.165, 1.54) is 0 Å². The maximum absolute atomic E-state index is 12.4. The van der Waals surface area contributed by atoms with Gasteiger partial charge in [-0.1, -0.05) is 6.92 Å². The molecule has 2 saturated heterocycles. The highest BCUT2D eigenvalue weighted by Crippen LogP contribution is 2.18. The second-order valence-electron chi connectivity index (χ2n) is 6.42. The average molecular weight is 303 g/mol. The summed E-state index contributed by atoms with van der Waals surface area (Å²) in [6, 6.07) is 3.75. The molecule has 1 N–H and O–H groups in total. The summed E-state index contributed by atoms with van der Waals surface area (Å²) in [5, 5.41) is 3.33. The molecule has 5 heteroatoms. The van der Waals surface area contributed by atoms with Crippen molar-refractivity contribution in [2.45, 2.75) is 38.7 Å². The molecule has 5 nitrogen and oxygen atoms in total. The zero-order chi connectivity index (χ0) is 15.4. The SMILES string of the molecule is CC1CCN(C(=O)c2ccc(NCC3CCCO3)cn2)CC1. The summed E-state index contributed by atoms with van der Waals surface area (Å²) >= 11 is 0. The predicted octanol–water partition coefficient (Wildman–Crippen LogP) is 2.54. The number of carbonyl (C=O) groups excluding carboxylic acids is 1. The molecule has 1 aromatic rings. The van der Waals surface area contributed by atoms with Gasteiger partial charge in [-0.3, -0.25) is 4.79 Å². The summed E-state index contributed by atoms with van der Waals surface area (Å²) in [6.07, 6.45) is 6.49. The molecule has 1 atom stereocenters. The molecule has 0 radical (unpaired) electrons. The molecule has 22 heavy (non-hydrogen) atoms. The van der Waals surface area contributed by atoms with Crippen LogP contribution in [0.15, 0.2) is 18.3 Å². The van der Waals surface area contributed by atoms with Crippen LogP contribution in [-0.4, -0.2) is 48.1 Å². The lowest BCUT2D eigenvalue weighted by Gasteiger charge is -2.30. The predicted molar refractivity (Wildman–Crippen MR) is 86.0 cm³/mol. The number of anilines is 1. The molecule has 120 valence electrons. The molecule has 1 aromatic heterocycles. The van der Waals surface area contributed by atoms with E-state index in [9.17, 15) is 4.79 Å². The molecule has 3 heterocycles.